The summed E-state index contributed by atoms with van der Waals surface area (Å²) in [7, 11) is 0. The molecule has 8 N–H and O–H groups in total. The molecule has 0 amide bonds. The number of carboxylic acids is 4. The fourth-order valence-corrected chi connectivity index (χ4v) is 3.40. The molecular formula is C53H108O28. The van der Waals surface area contributed by atoms with Gasteiger partial charge in [-0.05, 0) is 194 Å². The summed E-state index contributed by atoms with van der Waals surface area (Å²) >= 11 is 0. The summed E-state index contributed by atoms with van der Waals surface area (Å²) in [4.78, 5) is 124. The van der Waals surface area contributed by atoms with Gasteiger partial charge in [0.1, 0.15) is 25.7 Å². The number of aliphatic hydroxyl groups excluding tert-OH is 4. The summed E-state index contributed by atoms with van der Waals surface area (Å²) < 4.78 is 0. The topological polar surface area (TPSA) is 378 Å². The molecule has 0 fully saturated rings. The van der Waals surface area contributed by atoms with E-state index in [0.717, 1.165) is 0 Å². The van der Waals surface area contributed by atoms with Gasteiger partial charge in [0, 0.05) is 0 Å². The number of hydrogen-bond donors (Lipinski definition) is 8. The van der Waals surface area contributed by atoms with Crippen LogP contribution in [0.15, 0.2) is 0 Å². The Morgan fingerprint density at radius 1 is 0.222 bits per heavy atom. The van der Waals surface area contributed by atoms with Crippen molar-refractivity contribution in [3.05, 3.63) is 0 Å². The fraction of sp³-hybridized carbons (Fsp3) is 0.925. The number of hydrogen-bond acceptors (Lipinski definition) is 24. The molecule has 0 aromatic heterocycles. The van der Waals surface area contributed by atoms with E-state index in [-0.39, 0.29) is 0 Å². The first-order valence-corrected chi connectivity index (χ1v) is 25.8. The van der Waals surface area contributed by atoms with Gasteiger partial charge in [0.15, 0.2) is 0 Å². The Morgan fingerprint density at radius 3 is 0.370 bits per heavy atom. The molecule has 488 valence electrons. The molecular weight excluding hydrogens is 1080 g/mol. The van der Waals surface area contributed by atoms with Crippen LogP contribution in [0.1, 0.15) is 220 Å². The third kappa shape index (κ3) is 60.0. The predicted molar refractivity (Wildman–Crippen MR) is 289 cm³/mol. The molecule has 28 nitrogen and oxygen atoms in total. The second-order valence-electron chi connectivity index (χ2n) is 27.2. The normalized spacial score (nSPS) is 13.5. The SMILES string of the molecule is CC(C)(C)OOC(C)(CC(=O)O)OOC(C)(C)C.CC(C)(C)OOC(C)(CC(=O)O)OOC(C)(C)C.CC(C)(C)OOC(C)(CC(=O)O)OOC(C)(C)C.CC(C)(C)OOC(C)(CC(=O)O)OOC(C)(C)C.OCC(CO)(CO)CO. The van der Waals surface area contributed by atoms with Crippen molar-refractivity contribution in [3.8, 4) is 0 Å². The van der Waals surface area contributed by atoms with E-state index in [0.29, 0.717) is 0 Å². The van der Waals surface area contributed by atoms with Crippen molar-refractivity contribution in [2.24, 2.45) is 5.41 Å². The maximum absolute atomic E-state index is 10.8. The monoisotopic (exact) mass is 1190 g/mol. The lowest BCUT2D eigenvalue weighted by Crippen LogP contribution is -2.40. The molecule has 0 atom stereocenters. The van der Waals surface area contributed by atoms with E-state index in [1.165, 1.54) is 27.7 Å². The van der Waals surface area contributed by atoms with Gasteiger partial charge >= 0.3 is 23.9 Å². The average Bonchev–Trinajstić information content (AvgIpc) is 3.23. The molecule has 0 spiro atoms. The summed E-state index contributed by atoms with van der Waals surface area (Å²) in [5.41, 5.74) is -5.74. The first-order chi connectivity index (χ1) is 35.6. The quantitative estimate of drug-likeness (QED) is 0.0206. The van der Waals surface area contributed by atoms with Crippen LogP contribution in [0.2, 0.25) is 0 Å². The Bertz CT molecular complexity index is 1410. The molecule has 0 bridgehead atoms. The van der Waals surface area contributed by atoms with Gasteiger partial charge in [-0.3, -0.25) is 19.2 Å². The van der Waals surface area contributed by atoms with Crippen LogP contribution in [-0.4, -0.2) is 159 Å². The molecule has 0 aromatic rings. The Hall–Kier alpha value is -2.92. The van der Waals surface area contributed by atoms with Gasteiger partial charge in [-0.2, -0.15) is 39.1 Å². The van der Waals surface area contributed by atoms with Crippen LogP contribution in [0.4, 0.5) is 0 Å². The number of rotatable bonds is 28. The smallest absolute Gasteiger partial charge is 0.309 e. The second-order valence-corrected chi connectivity index (χ2v) is 27.2. The molecule has 0 heterocycles. The first-order valence-electron chi connectivity index (χ1n) is 25.8. The third-order valence-corrected chi connectivity index (χ3v) is 6.97. The summed E-state index contributed by atoms with van der Waals surface area (Å²) in [6.45, 7) is 46.8. The van der Waals surface area contributed by atoms with Crippen molar-refractivity contribution in [2.75, 3.05) is 26.4 Å². The van der Waals surface area contributed by atoms with E-state index in [9.17, 15) is 19.2 Å². The van der Waals surface area contributed by atoms with Crippen molar-refractivity contribution in [1.82, 2.24) is 0 Å². The molecule has 0 saturated heterocycles. The summed E-state index contributed by atoms with van der Waals surface area (Å²) in [5.74, 6) is -10.3. The zero-order valence-corrected chi connectivity index (χ0v) is 53.9. The van der Waals surface area contributed by atoms with Crippen LogP contribution in [0.25, 0.3) is 0 Å². The average molecular weight is 1190 g/mol. The Balaban J connectivity index is -0.000000302. The number of aliphatic hydroxyl groups is 4. The maximum atomic E-state index is 10.8. The molecule has 0 aliphatic rings. The molecule has 0 aromatic carbocycles. The molecule has 0 saturated carbocycles. The van der Waals surface area contributed by atoms with Crippen LogP contribution in [-0.2, 0) is 97.4 Å². The van der Waals surface area contributed by atoms with Gasteiger partial charge in [0.25, 0.3) is 0 Å². The van der Waals surface area contributed by atoms with E-state index >= 15 is 0 Å². The molecule has 0 aliphatic carbocycles. The molecule has 81 heavy (non-hydrogen) atoms. The zero-order valence-electron chi connectivity index (χ0n) is 53.9. The van der Waals surface area contributed by atoms with E-state index in [4.69, 9.17) is 119 Å². The lowest BCUT2D eigenvalue weighted by atomic mass is 9.93. The third-order valence-electron chi connectivity index (χ3n) is 6.97. The first kappa shape index (κ1) is 86.9. The largest absolute Gasteiger partial charge is 0.481 e. The van der Waals surface area contributed by atoms with Crippen molar-refractivity contribution in [3.63, 3.8) is 0 Å². The highest BCUT2D eigenvalue weighted by Crippen LogP contribution is 2.28. The summed E-state index contributed by atoms with van der Waals surface area (Å²) in [6, 6.07) is 0. The van der Waals surface area contributed by atoms with Gasteiger partial charge in [-0.25, -0.2) is 39.1 Å². The van der Waals surface area contributed by atoms with Crippen LogP contribution in [0.3, 0.4) is 0 Å². The van der Waals surface area contributed by atoms with E-state index in [2.05, 4.69) is 0 Å². The molecule has 0 rings (SSSR count). The lowest BCUT2D eigenvalue weighted by Gasteiger charge is -2.31. The highest BCUT2D eigenvalue weighted by Gasteiger charge is 2.40. The molecule has 0 unspecified atom stereocenters. The minimum Gasteiger partial charge on any atom is -0.481 e. The van der Waals surface area contributed by atoms with Gasteiger partial charge in [-0.1, -0.05) is 0 Å². The van der Waals surface area contributed by atoms with Gasteiger partial charge in [-0.15, -0.1) is 0 Å². The second kappa shape index (κ2) is 36.2. The number of carbonyl (C=O) groups is 4. The number of aliphatic carboxylic acids is 4. The zero-order chi connectivity index (χ0) is 65.8. The summed E-state index contributed by atoms with van der Waals surface area (Å²) in [6.07, 6.45) is -1.61. The van der Waals surface area contributed by atoms with Crippen molar-refractivity contribution in [2.45, 2.75) is 288 Å². The summed E-state index contributed by atoms with van der Waals surface area (Å²) in [5, 5.41) is 69.3. The minimum absolute atomic E-state index is 0.404. The van der Waals surface area contributed by atoms with Crippen molar-refractivity contribution < 1.29 is 138 Å². The van der Waals surface area contributed by atoms with Crippen LogP contribution < -0.4 is 0 Å². The minimum atomic E-state index is -1.51. The highest BCUT2D eigenvalue weighted by atomic mass is 17.3. The maximum Gasteiger partial charge on any atom is 0.309 e. The van der Waals surface area contributed by atoms with Crippen LogP contribution in [0.5, 0.6) is 0 Å². The van der Waals surface area contributed by atoms with E-state index in [1.807, 2.05) is 0 Å². The van der Waals surface area contributed by atoms with E-state index < -0.39 is 149 Å². The number of carboxylic acid groups (broad SMARTS) is 4. The van der Waals surface area contributed by atoms with Gasteiger partial charge in [0.05, 0.1) is 76.7 Å². The van der Waals surface area contributed by atoms with Crippen LogP contribution in [0, 0.1) is 5.41 Å². The fourth-order valence-electron chi connectivity index (χ4n) is 3.40. The van der Waals surface area contributed by atoms with Crippen molar-refractivity contribution >= 4 is 23.9 Å². The Morgan fingerprint density at radius 2 is 0.321 bits per heavy atom. The molecule has 0 aliphatic heterocycles. The highest BCUT2D eigenvalue weighted by molar-refractivity contribution is 5.68. The Kier molecular flexibility index (Phi) is 38.8. The molecule has 28 heteroatoms. The van der Waals surface area contributed by atoms with Gasteiger partial charge in [0.2, 0.25) is 23.1 Å². The van der Waals surface area contributed by atoms with Gasteiger partial charge < -0.3 is 40.9 Å². The van der Waals surface area contributed by atoms with Crippen LogP contribution >= 0.6 is 0 Å². The lowest BCUT2D eigenvalue weighted by molar-refractivity contribution is -0.535. The Labute approximate surface area is 480 Å². The standard InChI is InChI=1S/4C12H24O6.C5H12O4/c4*1-10(2,3)15-17-12(7,8-9(13)14)18-16-11(4,5)6;6-1-5(2-7,3-8)4-9/h4*8H2,1-7H3,(H,13,14);6-9H,1-4H2. The molecule has 0 radical (unpaired) electrons. The van der Waals surface area contributed by atoms with E-state index in [1.54, 1.807) is 166 Å². The van der Waals surface area contributed by atoms with Crippen molar-refractivity contribution in [1.29, 1.82) is 0 Å². The predicted octanol–water partition coefficient (Wildman–Crippen LogP) is 8.62.